The molecule has 1 unspecified atom stereocenters. The number of Topliss-reactive ketones (excluding diaryl/α,β-unsaturated/α-hetero) is 1. The van der Waals surface area contributed by atoms with Crippen molar-refractivity contribution in [2.45, 2.75) is 102 Å². The van der Waals surface area contributed by atoms with Crippen molar-refractivity contribution < 1.29 is 47.0 Å². The molecule has 0 heterocycles. The first-order valence-electron chi connectivity index (χ1n) is 10.0. The third-order valence-corrected chi connectivity index (χ3v) is 6.30. The van der Waals surface area contributed by atoms with Gasteiger partial charge in [-0.15, -0.1) is 0 Å². The van der Waals surface area contributed by atoms with Crippen LogP contribution in [0.2, 0.25) is 0 Å². The minimum atomic E-state index is -3.85. The van der Waals surface area contributed by atoms with Crippen molar-refractivity contribution in [2.24, 2.45) is 5.73 Å². The van der Waals surface area contributed by atoms with Gasteiger partial charge in [-0.25, -0.2) is 0 Å². The van der Waals surface area contributed by atoms with Gasteiger partial charge in [-0.05, 0) is 6.42 Å². The molecule has 0 aromatic heterocycles. The van der Waals surface area contributed by atoms with Gasteiger partial charge < -0.3 is 5.73 Å². The Morgan fingerprint density at radius 2 is 1.23 bits per heavy atom. The van der Waals surface area contributed by atoms with Gasteiger partial charge in [-0.3, -0.25) is 8.98 Å². The van der Waals surface area contributed by atoms with E-state index >= 15 is 0 Å². The quantitative estimate of drug-likeness (QED) is 0.213. The average molecular weight is 401 g/mol. The maximum absolute atomic E-state index is 11.9. The van der Waals surface area contributed by atoms with E-state index in [2.05, 4.69) is 11.1 Å². The van der Waals surface area contributed by atoms with E-state index in [1.54, 1.807) is 0 Å². The van der Waals surface area contributed by atoms with Crippen molar-refractivity contribution in [3.05, 3.63) is 0 Å². The summed E-state index contributed by atoms with van der Waals surface area (Å²) in [7, 11) is -2.79. The Labute approximate surface area is 183 Å². The van der Waals surface area contributed by atoms with Crippen LogP contribution in [-0.2, 0) is 19.1 Å². The molecule has 0 aromatic carbocycles. The van der Waals surface area contributed by atoms with Crippen LogP contribution in [0.15, 0.2) is 0 Å². The normalized spacial score (nSPS) is 12.6. The number of unbranched alkanes of at least 4 members (excludes halogenated alkanes) is 12. The van der Waals surface area contributed by atoms with Gasteiger partial charge in [-0.2, -0.15) is 8.42 Å². The predicted molar refractivity (Wildman–Crippen MR) is 104 cm³/mol. The van der Waals surface area contributed by atoms with Gasteiger partial charge in [0.2, 0.25) is 0 Å². The fourth-order valence-electron chi connectivity index (χ4n) is 3.00. The molecule has 0 aliphatic carbocycles. The summed E-state index contributed by atoms with van der Waals surface area (Å²) in [5.41, 5.74) is 5.40. The number of ketones is 1. The molecular formula is C19H39NNaO4S+. The molecule has 0 fully saturated rings. The van der Waals surface area contributed by atoms with Crippen molar-refractivity contribution in [1.82, 2.24) is 0 Å². The molecule has 0 aliphatic heterocycles. The fraction of sp³-hybridized carbons (Fsp3) is 0.947. The summed E-state index contributed by atoms with van der Waals surface area (Å²) in [4.78, 5) is 11.9. The van der Waals surface area contributed by atoms with Crippen LogP contribution in [-0.4, -0.2) is 33.1 Å². The number of carbonyl (C=O) groups is 1. The summed E-state index contributed by atoms with van der Waals surface area (Å²) in [5.74, 6) is -0.326. The fourth-order valence-corrected chi connectivity index (χ4v) is 3.91. The molecule has 150 valence electrons. The number of carbonyl (C=O) groups excluding carboxylic acids is 1. The minimum Gasteiger partial charge on any atom is -0.329 e. The summed E-state index contributed by atoms with van der Waals surface area (Å²) >= 11 is 0. The summed E-state index contributed by atoms with van der Waals surface area (Å²) in [6, 6.07) is 0. The van der Waals surface area contributed by atoms with Crippen LogP contribution in [0, 0.1) is 0 Å². The Hall–Kier alpha value is 0.540. The molecule has 0 aliphatic rings. The van der Waals surface area contributed by atoms with E-state index < -0.39 is 15.4 Å². The zero-order valence-corrected chi connectivity index (χ0v) is 20.1. The molecular weight excluding hydrogens is 361 g/mol. The van der Waals surface area contributed by atoms with Crippen LogP contribution in [0.3, 0.4) is 0 Å². The topological polar surface area (TPSA) is 86.5 Å². The molecule has 26 heavy (non-hydrogen) atoms. The van der Waals surface area contributed by atoms with Crippen LogP contribution >= 0.6 is 0 Å². The Bertz CT molecular complexity index is 429. The Balaban J connectivity index is 0. The zero-order chi connectivity index (χ0) is 19.0. The molecule has 2 N–H and O–H groups in total. The minimum absolute atomic E-state index is 0. The third-order valence-electron chi connectivity index (χ3n) is 4.68. The van der Waals surface area contributed by atoms with E-state index in [9.17, 15) is 13.2 Å². The van der Waals surface area contributed by atoms with Gasteiger partial charge in [0.25, 0.3) is 10.1 Å². The van der Waals surface area contributed by atoms with E-state index in [4.69, 9.17) is 5.73 Å². The summed E-state index contributed by atoms with van der Waals surface area (Å²) < 4.78 is 27.6. The standard InChI is InChI=1S/C19H39NO4S.Na/c1-3-4-5-6-7-8-9-10-11-12-13-14-15-16-18(21)19(17-20)25(22,23)24-2;/h19H,3-17,20H2,1-2H3;/q;+1. The van der Waals surface area contributed by atoms with Gasteiger partial charge in [0.05, 0.1) is 7.11 Å². The van der Waals surface area contributed by atoms with E-state index in [1.165, 1.54) is 64.2 Å². The van der Waals surface area contributed by atoms with Gasteiger partial charge >= 0.3 is 29.6 Å². The van der Waals surface area contributed by atoms with Crippen molar-refractivity contribution in [2.75, 3.05) is 13.7 Å². The molecule has 0 bridgehead atoms. The summed E-state index contributed by atoms with van der Waals surface area (Å²) in [6.07, 6.45) is 16.3. The zero-order valence-electron chi connectivity index (χ0n) is 17.3. The average Bonchev–Trinajstić information content (AvgIpc) is 2.59. The van der Waals surface area contributed by atoms with Crippen LogP contribution < -0.4 is 35.3 Å². The second kappa shape index (κ2) is 18.9. The van der Waals surface area contributed by atoms with Crippen LogP contribution in [0.25, 0.3) is 0 Å². The second-order valence-corrected chi connectivity index (χ2v) is 8.73. The molecule has 0 saturated carbocycles. The largest absolute Gasteiger partial charge is 1.00 e. The van der Waals surface area contributed by atoms with E-state index in [1.807, 2.05) is 0 Å². The molecule has 7 heteroatoms. The van der Waals surface area contributed by atoms with E-state index in [0.717, 1.165) is 26.4 Å². The molecule has 0 rings (SSSR count). The molecule has 0 spiro atoms. The van der Waals surface area contributed by atoms with Crippen LogP contribution in [0.5, 0.6) is 0 Å². The number of hydrogen-bond acceptors (Lipinski definition) is 5. The molecule has 1 atom stereocenters. The van der Waals surface area contributed by atoms with Crippen molar-refractivity contribution in [3.63, 3.8) is 0 Å². The predicted octanol–water partition coefficient (Wildman–Crippen LogP) is 1.34. The van der Waals surface area contributed by atoms with Gasteiger partial charge in [-0.1, -0.05) is 84.0 Å². The third kappa shape index (κ3) is 14.6. The molecule has 0 saturated heterocycles. The van der Waals surface area contributed by atoms with Crippen molar-refractivity contribution >= 4 is 15.9 Å². The first kappa shape index (κ1) is 28.7. The smallest absolute Gasteiger partial charge is 0.329 e. The van der Waals surface area contributed by atoms with Gasteiger partial charge in [0.15, 0.2) is 11.0 Å². The SMILES string of the molecule is CCCCCCCCCCCCCCCC(=O)C(CN)S(=O)(=O)OC.[Na+]. The van der Waals surface area contributed by atoms with Crippen LogP contribution in [0.1, 0.15) is 96.8 Å². The van der Waals surface area contributed by atoms with Crippen molar-refractivity contribution in [1.29, 1.82) is 0 Å². The number of hydrogen-bond donors (Lipinski definition) is 1. The Kier molecular flexibility index (Phi) is 20.9. The van der Waals surface area contributed by atoms with Crippen LogP contribution in [0.4, 0.5) is 0 Å². The first-order valence-corrected chi connectivity index (χ1v) is 11.5. The van der Waals surface area contributed by atoms with E-state index in [0.29, 0.717) is 0 Å². The van der Waals surface area contributed by atoms with Gasteiger partial charge in [0, 0.05) is 13.0 Å². The molecule has 0 radical (unpaired) electrons. The summed E-state index contributed by atoms with van der Waals surface area (Å²) in [6.45, 7) is 2.03. The molecule has 0 amide bonds. The number of nitrogens with two attached hydrogens (primary N) is 1. The Morgan fingerprint density at radius 3 is 1.58 bits per heavy atom. The maximum atomic E-state index is 11.9. The molecule has 5 nitrogen and oxygen atoms in total. The maximum Gasteiger partial charge on any atom is 1.00 e. The number of rotatable bonds is 18. The summed E-state index contributed by atoms with van der Waals surface area (Å²) in [5, 5.41) is -1.21. The monoisotopic (exact) mass is 400 g/mol. The Morgan fingerprint density at radius 1 is 0.846 bits per heavy atom. The van der Waals surface area contributed by atoms with Gasteiger partial charge in [0.1, 0.15) is 0 Å². The second-order valence-electron chi connectivity index (χ2n) is 6.84. The molecule has 0 aromatic rings. The van der Waals surface area contributed by atoms with E-state index in [-0.39, 0.29) is 48.3 Å². The first-order chi connectivity index (χ1) is 12.0. The van der Waals surface area contributed by atoms with Crippen molar-refractivity contribution in [3.8, 4) is 0 Å².